The van der Waals surface area contributed by atoms with Crippen molar-refractivity contribution >= 4 is 46.3 Å². The van der Waals surface area contributed by atoms with Crippen molar-refractivity contribution in [2.75, 3.05) is 5.43 Å². The Morgan fingerprint density at radius 3 is 1.87 bits per heavy atom. The fourth-order valence-corrected chi connectivity index (χ4v) is 2.39. The van der Waals surface area contributed by atoms with Crippen molar-refractivity contribution in [1.29, 1.82) is 0 Å². The second-order valence-electron chi connectivity index (χ2n) is 5.81. The third kappa shape index (κ3) is 16.3. The third-order valence-electron chi connectivity index (χ3n) is 3.22. The fourth-order valence-electron chi connectivity index (χ4n) is 1.87. The number of aromatic amines is 3. The van der Waals surface area contributed by atoms with E-state index >= 15 is 0 Å². The number of hydrogen-bond donors (Lipinski definition) is 7. The Balaban J connectivity index is 0. The zero-order valence-corrected chi connectivity index (χ0v) is 24.1. The van der Waals surface area contributed by atoms with Gasteiger partial charge >= 0.3 is 29.6 Å². The molecule has 0 saturated carbocycles. The van der Waals surface area contributed by atoms with Crippen LogP contribution in [0.15, 0.2) is 69.8 Å². The van der Waals surface area contributed by atoms with Crippen molar-refractivity contribution < 1.29 is 35.0 Å². The molecular formula is C17H20Cl3N14NaO4. The molecule has 0 aromatic carbocycles. The predicted molar refractivity (Wildman–Crippen MR) is 139 cm³/mol. The zero-order valence-electron chi connectivity index (χ0n) is 19.9. The van der Waals surface area contributed by atoms with Crippen LogP contribution in [0.4, 0.5) is 5.82 Å². The topological polar surface area (TPSA) is 300 Å². The van der Waals surface area contributed by atoms with Crippen molar-refractivity contribution in [1.82, 2.24) is 50.4 Å². The molecule has 0 spiro atoms. The van der Waals surface area contributed by atoms with Crippen LogP contribution in [0.2, 0.25) is 15.3 Å². The van der Waals surface area contributed by atoms with Crippen LogP contribution < -0.4 is 68.8 Å². The van der Waals surface area contributed by atoms with Crippen molar-refractivity contribution in [3.8, 4) is 0 Å². The van der Waals surface area contributed by atoms with Crippen molar-refractivity contribution in [2.45, 2.75) is 0 Å². The number of nitrogens with one attached hydrogen (secondary N) is 4. The van der Waals surface area contributed by atoms with Gasteiger partial charge in [-0.25, -0.2) is 10.4 Å². The molecule has 0 saturated heterocycles. The van der Waals surface area contributed by atoms with Crippen LogP contribution in [0.1, 0.15) is 0 Å². The summed E-state index contributed by atoms with van der Waals surface area (Å²) in [5, 5.41) is 29.8. The Bertz CT molecular complexity index is 1510. The van der Waals surface area contributed by atoms with Gasteiger partial charge in [-0.2, -0.15) is 25.5 Å². The van der Waals surface area contributed by atoms with Crippen LogP contribution in [0.25, 0.3) is 5.65 Å². The summed E-state index contributed by atoms with van der Waals surface area (Å²) < 4.78 is 1.49. The average Bonchev–Trinajstić information content (AvgIpc) is 3.34. The Hall–Kier alpha value is -3.30. The Kier molecular flexibility index (Phi) is 21.0. The molecule has 204 valence electrons. The largest absolute Gasteiger partial charge is 1.00 e. The molecule has 0 aliphatic heterocycles. The number of nitrogens with two attached hydrogens (primary N) is 3. The monoisotopic (exact) mass is 612 g/mol. The summed E-state index contributed by atoms with van der Waals surface area (Å²) in [5.41, 5.74) is 2.37. The smallest absolute Gasteiger partial charge is 0.870 e. The molecule has 5 heterocycles. The van der Waals surface area contributed by atoms with Gasteiger partial charge in [0.25, 0.3) is 0 Å². The first-order valence-corrected chi connectivity index (χ1v) is 10.5. The van der Waals surface area contributed by atoms with E-state index in [1.807, 2.05) is 0 Å². The molecule has 0 unspecified atom stereocenters. The Labute approximate surface area is 254 Å². The van der Waals surface area contributed by atoms with Crippen LogP contribution >= 0.6 is 34.8 Å². The SMILES string of the molecule is Clc1cnnc(Cl)c1.NN.NNc1cc(=O)cn[nH]1.O=c1cn[nH]c(Cl)c1.O=c1cnn2cn[nH]c2c1.[Na+].[OH-]. The number of halogens is 3. The maximum atomic E-state index is 10.7. The Morgan fingerprint density at radius 1 is 0.795 bits per heavy atom. The van der Waals surface area contributed by atoms with Gasteiger partial charge in [-0.1, -0.05) is 34.8 Å². The molecule has 5 aromatic rings. The van der Waals surface area contributed by atoms with E-state index in [-0.39, 0.29) is 56.5 Å². The van der Waals surface area contributed by atoms with E-state index in [1.54, 1.807) is 0 Å². The quantitative estimate of drug-likeness (QED) is 0.0544. The second-order valence-corrected chi connectivity index (χ2v) is 7.04. The minimum absolute atomic E-state index is 0. The fraction of sp³-hybridized carbons (Fsp3) is 0. The van der Waals surface area contributed by atoms with E-state index in [1.165, 1.54) is 53.7 Å². The van der Waals surface area contributed by atoms with Crippen molar-refractivity contribution in [2.24, 2.45) is 17.5 Å². The van der Waals surface area contributed by atoms with Gasteiger partial charge in [-0.05, 0) is 6.07 Å². The minimum Gasteiger partial charge on any atom is -0.870 e. The molecule has 0 fully saturated rings. The number of H-pyrrole nitrogens is 3. The van der Waals surface area contributed by atoms with E-state index in [4.69, 9.17) is 40.6 Å². The van der Waals surface area contributed by atoms with Gasteiger partial charge in [0.05, 0.1) is 29.8 Å². The molecule has 0 aliphatic carbocycles. The summed E-state index contributed by atoms with van der Waals surface area (Å²) in [5.74, 6) is 13.4. The molecule has 0 amide bonds. The maximum Gasteiger partial charge on any atom is 1.00 e. The van der Waals surface area contributed by atoms with Crippen LogP contribution in [-0.2, 0) is 0 Å². The minimum atomic E-state index is -0.186. The number of nitrogen functional groups attached to an aromatic ring is 1. The van der Waals surface area contributed by atoms with Gasteiger partial charge in [0.2, 0.25) is 16.3 Å². The second kappa shape index (κ2) is 21.6. The summed E-state index contributed by atoms with van der Waals surface area (Å²) in [7, 11) is 0. The van der Waals surface area contributed by atoms with Crippen LogP contribution in [0.3, 0.4) is 0 Å². The maximum absolute atomic E-state index is 10.7. The number of rotatable bonds is 1. The van der Waals surface area contributed by atoms with Crippen LogP contribution in [0, 0.1) is 0 Å². The molecule has 39 heavy (non-hydrogen) atoms. The van der Waals surface area contributed by atoms with E-state index in [0.29, 0.717) is 21.6 Å². The summed E-state index contributed by atoms with van der Waals surface area (Å²) in [6.07, 6.45) is 6.48. The van der Waals surface area contributed by atoms with E-state index < -0.39 is 0 Å². The van der Waals surface area contributed by atoms with Gasteiger partial charge < -0.3 is 10.9 Å². The number of hydrazine groups is 2. The number of anilines is 1. The number of fused-ring (bicyclic) bond motifs is 1. The molecule has 18 nitrogen and oxygen atoms in total. The normalized spacial score (nSPS) is 8.67. The van der Waals surface area contributed by atoms with Gasteiger partial charge in [0.1, 0.15) is 17.3 Å². The molecule has 11 N–H and O–H groups in total. The summed E-state index contributed by atoms with van der Waals surface area (Å²) in [6.45, 7) is 0. The van der Waals surface area contributed by atoms with E-state index in [0.717, 1.165) is 6.20 Å². The van der Waals surface area contributed by atoms with Gasteiger partial charge in [-0.3, -0.25) is 41.4 Å². The first kappa shape index (κ1) is 37.9. The van der Waals surface area contributed by atoms with Crippen molar-refractivity contribution in [3.05, 3.63) is 101 Å². The number of hydrogen-bond acceptors (Lipinski definition) is 14. The molecular weight excluding hydrogens is 594 g/mol. The third-order valence-corrected chi connectivity index (χ3v) is 3.81. The van der Waals surface area contributed by atoms with Crippen LogP contribution in [0.5, 0.6) is 0 Å². The van der Waals surface area contributed by atoms with Crippen LogP contribution in [-0.4, -0.2) is 55.9 Å². The summed E-state index contributed by atoms with van der Waals surface area (Å²) in [4.78, 5) is 31.5. The molecule has 5 aromatic heterocycles. The van der Waals surface area contributed by atoms with Gasteiger partial charge in [0.15, 0.2) is 10.8 Å². The number of nitrogens with zero attached hydrogens (tertiary/aromatic N) is 7. The first-order chi connectivity index (χ1) is 17.8. The molecule has 22 heteroatoms. The molecule has 0 bridgehead atoms. The van der Waals surface area contributed by atoms with Gasteiger partial charge in [-0.15, -0.1) is 5.10 Å². The number of aromatic nitrogens is 10. The standard InChI is InChI=1S/C5H4N4O.C4H2Cl2N2.C4H3ClN2O.C4H6N4O.H4N2.Na.H2O/c10-4-1-5-8-6-3-9(5)7-2-4;5-3-1-4(6)8-7-2-3;5-4-1-3(8)2-6-7-4;5-7-4-1-3(9)2-6-8-4;1-2;;/h1-3,8H;1-2H;1-2H,(H,7,8);1-2H,5H2,(H2,7,8,9);1-2H2;;1H2/q;;;;;+1;/p-1. The van der Waals surface area contributed by atoms with E-state index in [2.05, 4.69) is 63.0 Å². The molecule has 5 rings (SSSR count). The molecule has 0 atom stereocenters. The average molecular weight is 614 g/mol. The van der Waals surface area contributed by atoms with E-state index in [9.17, 15) is 14.4 Å². The van der Waals surface area contributed by atoms with Crippen molar-refractivity contribution in [3.63, 3.8) is 0 Å². The first-order valence-electron chi connectivity index (χ1n) is 9.33. The zero-order chi connectivity index (χ0) is 27.6. The molecule has 0 aliphatic rings. The predicted octanol–water partition coefficient (Wildman–Crippen LogP) is -3.67. The molecule has 0 radical (unpaired) electrons. The Morgan fingerprint density at radius 2 is 1.41 bits per heavy atom. The summed E-state index contributed by atoms with van der Waals surface area (Å²) in [6, 6.07) is 5.53. The van der Waals surface area contributed by atoms with Gasteiger partial charge in [0, 0.05) is 18.2 Å². The summed E-state index contributed by atoms with van der Waals surface area (Å²) >= 11 is 16.2.